The van der Waals surface area contributed by atoms with E-state index in [1.165, 1.54) is 0 Å². The van der Waals surface area contributed by atoms with Crippen LogP contribution in [0.15, 0.2) is 30.3 Å². The zero-order chi connectivity index (χ0) is 15.3. The molecule has 1 fully saturated rings. The largest absolute Gasteiger partial charge is 0.341 e. The van der Waals surface area contributed by atoms with Crippen molar-refractivity contribution in [3.05, 3.63) is 35.9 Å². The second-order valence-electron chi connectivity index (χ2n) is 5.86. The highest BCUT2D eigenvalue weighted by atomic mass is 16.2. The van der Waals surface area contributed by atoms with Gasteiger partial charge in [0.1, 0.15) is 0 Å². The molecule has 1 aliphatic heterocycles. The predicted molar refractivity (Wildman–Crippen MR) is 81.8 cm³/mol. The molecule has 1 aliphatic rings. The van der Waals surface area contributed by atoms with Crippen molar-refractivity contribution in [2.24, 2.45) is 0 Å². The smallest absolute Gasteiger partial charge is 0.315 e. The molecule has 1 aromatic carbocycles. The number of hydrogen-bond acceptors (Lipinski definition) is 2. The van der Waals surface area contributed by atoms with Crippen LogP contribution in [0.5, 0.6) is 0 Å². The average Bonchev–Trinajstić information content (AvgIpc) is 2.85. The molecular formula is C16H23N3O2. The van der Waals surface area contributed by atoms with Crippen LogP contribution in [0.3, 0.4) is 0 Å². The van der Waals surface area contributed by atoms with Crippen LogP contribution >= 0.6 is 0 Å². The van der Waals surface area contributed by atoms with Gasteiger partial charge in [0, 0.05) is 26.1 Å². The monoisotopic (exact) mass is 289 g/mol. The third-order valence-corrected chi connectivity index (χ3v) is 3.76. The Hall–Kier alpha value is -2.04. The Morgan fingerprint density at radius 1 is 1.29 bits per heavy atom. The van der Waals surface area contributed by atoms with Crippen LogP contribution in [0.2, 0.25) is 0 Å². The molecule has 3 amide bonds. The maximum absolute atomic E-state index is 12.0. The van der Waals surface area contributed by atoms with E-state index in [0.717, 1.165) is 18.5 Å². The van der Waals surface area contributed by atoms with Crippen LogP contribution in [0.25, 0.3) is 0 Å². The zero-order valence-corrected chi connectivity index (χ0v) is 12.7. The number of nitrogens with zero attached hydrogens (tertiary/aromatic N) is 1. The van der Waals surface area contributed by atoms with Crippen LogP contribution in [-0.2, 0) is 10.3 Å². The number of amides is 3. The summed E-state index contributed by atoms with van der Waals surface area (Å²) in [7, 11) is 0. The fourth-order valence-corrected chi connectivity index (χ4v) is 2.50. The Balaban J connectivity index is 1.77. The summed E-state index contributed by atoms with van der Waals surface area (Å²) in [5, 5.41) is 5.77. The van der Waals surface area contributed by atoms with Crippen molar-refractivity contribution < 1.29 is 9.59 Å². The van der Waals surface area contributed by atoms with Crippen LogP contribution in [0.4, 0.5) is 4.79 Å². The van der Waals surface area contributed by atoms with Gasteiger partial charge < -0.3 is 15.5 Å². The number of carbonyl (C=O) groups excluding carboxylic acids is 2. The van der Waals surface area contributed by atoms with E-state index >= 15 is 0 Å². The van der Waals surface area contributed by atoms with Gasteiger partial charge in [-0.15, -0.1) is 0 Å². The molecule has 114 valence electrons. The van der Waals surface area contributed by atoms with E-state index in [2.05, 4.69) is 10.6 Å². The topological polar surface area (TPSA) is 61.4 Å². The van der Waals surface area contributed by atoms with E-state index < -0.39 is 5.54 Å². The molecule has 5 nitrogen and oxygen atoms in total. The number of urea groups is 1. The van der Waals surface area contributed by atoms with Gasteiger partial charge in [-0.25, -0.2) is 4.79 Å². The minimum absolute atomic E-state index is 0.182. The fourth-order valence-electron chi connectivity index (χ4n) is 2.50. The number of likely N-dealkylation sites (tertiary alicyclic amines) is 1. The highest BCUT2D eigenvalue weighted by molar-refractivity contribution is 5.78. The van der Waals surface area contributed by atoms with Gasteiger partial charge in [0.2, 0.25) is 5.91 Å². The van der Waals surface area contributed by atoms with Crippen LogP contribution in [0.1, 0.15) is 32.3 Å². The predicted octanol–water partition coefficient (Wildman–Crippen LogP) is 1.84. The second-order valence-corrected chi connectivity index (χ2v) is 5.86. The van der Waals surface area contributed by atoms with Crippen molar-refractivity contribution in [1.29, 1.82) is 0 Å². The number of carbonyl (C=O) groups is 2. The van der Waals surface area contributed by atoms with Gasteiger partial charge >= 0.3 is 6.03 Å². The van der Waals surface area contributed by atoms with E-state index in [1.807, 2.05) is 44.2 Å². The van der Waals surface area contributed by atoms with E-state index in [0.29, 0.717) is 19.5 Å². The van der Waals surface area contributed by atoms with Crippen molar-refractivity contribution in [3.63, 3.8) is 0 Å². The maximum Gasteiger partial charge on any atom is 0.315 e. The summed E-state index contributed by atoms with van der Waals surface area (Å²) in [4.78, 5) is 25.2. The van der Waals surface area contributed by atoms with Gasteiger partial charge in [0.25, 0.3) is 0 Å². The van der Waals surface area contributed by atoms with E-state index in [-0.39, 0.29) is 11.9 Å². The summed E-state index contributed by atoms with van der Waals surface area (Å²) >= 11 is 0. The van der Waals surface area contributed by atoms with Crippen LogP contribution in [0, 0.1) is 0 Å². The van der Waals surface area contributed by atoms with Crippen LogP contribution < -0.4 is 10.6 Å². The molecule has 0 unspecified atom stereocenters. The van der Waals surface area contributed by atoms with E-state index in [1.54, 1.807) is 4.90 Å². The lowest BCUT2D eigenvalue weighted by molar-refractivity contribution is -0.127. The van der Waals surface area contributed by atoms with E-state index in [4.69, 9.17) is 0 Å². The normalized spacial score (nSPS) is 15.1. The van der Waals surface area contributed by atoms with Gasteiger partial charge in [-0.05, 0) is 25.8 Å². The Bertz CT molecular complexity index is 500. The number of hydrogen-bond donors (Lipinski definition) is 2. The summed E-state index contributed by atoms with van der Waals surface area (Å²) in [5.74, 6) is 0.182. The molecule has 1 aromatic rings. The average molecular weight is 289 g/mol. The molecule has 2 rings (SSSR count). The molecule has 0 spiro atoms. The number of rotatable bonds is 5. The third-order valence-electron chi connectivity index (χ3n) is 3.76. The molecule has 0 aliphatic carbocycles. The first kappa shape index (κ1) is 15.4. The summed E-state index contributed by atoms with van der Waals surface area (Å²) in [6, 6.07) is 9.63. The van der Waals surface area contributed by atoms with Gasteiger partial charge in [-0.1, -0.05) is 30.3 Å². The molecule has 1 saturated heterocycles. The Labute approximate surface area is 125 Å². The number of nitrogens with one attached hydrogen (secondary N) is 2. The summed E-state index contributed by atoms with van der Waals surface area (Å²) in [5.41, 5.74) is 0.615. The first-order valence-corrected chi connectivity index (χ1v) is 7.38. The zero-order valence-electron chi connectivity index (χ0n) is 12.7. The summed E-state index contributed by atoms with van der Waals surface area (Å²) in [6.07, 6.45) is 1.55. The Kier molecular flexibility index (Phi) is 4.83. The molecule has 0 saturated carbocycles. The first-order chi connectivity index (χ1) is 9.99. The summed E-state index contributed by atoms with van der Waals surface area (Å²) in [6.45, 7) is 5.79. The van der Waals surface area contributed by atoms with Crippen molar-refractivity contribution in [3.8, 4) is 0 Å². The van der Waals surface area contributed by atoms with Crippen molar-refractivity contribution >= 4 is 11.9 Å². The minimum atomic E-state index is -0.436. The van der Waals surface area contributed by atoms with E-state index in [9.17, 15) is 9.59 Å². The second kappa shape index (κ2) is 6.61. The maximum atomic E-state index is 12.0. The van der Waals surface area contributed by atoms with Crippen molar-refractivity contribution in [2.75, 3.05) is 19.6 Å². The molecule has 2 N–H and O–H groups in total. The highest BCUT2D eigenvalue weighted by Gasteiger charge is 2.23. The molecule has 0 atom stereocenters. The highest BCUT2D eigenvalue weighted by Crippen LogP contribution is 2.18. The van der Waals surface area contributed by atoms with Crippen molar-refractivity contribution in [2.45, 2.75) is 32.2 Å². The van der Waals surface area contributed by atoms with Gasteiger partial charge in [-0.2, -0.15) is 0 Å². The SMILES string of the molecule is CC(C)(NC(=O)NCCN1CCCC1=O)c1ccccc1. The van der Waals surface area contributed by atoms with Crippen LogP contribution in [-0.4, -0.2) is 36.5 Å². The molecule has 5 heteroatoms. The lowest BCUT2D eigenvalue weighted by atomic mass is 9.95. The minimum Gasteiger partial charge on any atom is -0.341 e. The van der Waals surface area contributed by atoms with Gasteiger partial charge in [0.05, 0.1) is 5.54 Å². The molecule has 21 heavy (non-hydrogen) atoms. The molecular weight excluding hydrogens is 266 g/mol. The quantitative estimate of drug-likeness (QED) is 0.869. The lowest BCUT2D eigenvalue weighted by Crippen LogP contribution is -2.48. The fraction of sp³-hybridized carbons (Fsp3) is 0.500. The Morgan fingerprint density at radius 3 is 2.62 bits per heavy atom. The van der Waals surface area contributed by atoms with Gasteiger partial charge in [-0.3, -0.25) is 4.79 Å². The first-order valence-electron chi connectivity index (χ1n) is 7.38. The van der Waals surface area contributed by atoms with Crippen molar-refractivity contribution in [1.82, 2.24) is 15.5 Å². The molecule has 0 aromatic heterocycles. The molecule has 1 heterocycles. The molecule has 0 bridgehead atoms. The van der Waals surface area contributed by atoms with Gasteiger partial charge in [0.15, 0.2) is 0 Å². The standard InChI is InChI=1S/C16H23N3O2/c1-16(2,13-7-4-3-5-8-13)18-15(21)17-10-12-19-11-6-9-14(19)20/h3-5,7-8H,6,9-12H2,1-2H3,(H2,17,18,21). The third kappa shape index (κ3) is 4.21. The molecule has 0 radical (unpaired) electrons. The Morgan fingerprint density at radius 2 is 2.00 bits per heavy atom. The number of benzene rings is 1. The lowest BCUT2D eigenvalue weighted by Gasteiger charge is -2.27. The summed E-state index contributed by atoms with van der Waals surface area (Å²) < 4.78 is 0.